The van der Waals surface area contributed by atoms with Gasteiger partial charge in [-0.25, -0.2) is 0 Å². The summed E-state index contributed by atoms with van der Waals surface area (Å²) < 4.78 is 0. The van der Waals surface area contributed by atoms with E-state index in [-0.39, 0.29) is 10.6 Å². The summed E-state index contributed by atoms with van der Waals surface area (Å²) in [6.07, 6.45) is 0. The molecule has 0 bridgehead atoms. The Labute approximate surface area is 99.2 Å². The van der Waals surface area contributed by atoms with Crippen molar-refractivity contribution < 1.29 is 4.92 Å². The first-order chi connectivity index (χ1) is 8.00. The van der Waals surface area contributed by atoms with Crippen LogP contribution in [0.4, 0.5) is 5.69 Å². The van der Waals surface area contributed by atoms with E-state index < -0.39 is 0 Å². The average Bonchev–Trinajstić information content (AvgIpc) is 2.54. The van der Waals surface area contributed by atoms with Crippen LogP contribution in [0.5, 0.6) is 0 Å². The lowest BCUT2D eigenvalue weighted by molar-refractivity contribution is -0.383. The van der Waals surface area contributed by atoms with E-state index in [1.165, 1.54) is 0 Å². The van der Waals surface area contributed by atoms with Gasteiger partial charge in [-0.2, -0.15) is 0 Å². The van der Waals surface area contributed by atoms with Crippen molar-refractivity contribution in [1.29, 1.82) is 0 Å². The van der Waals surface area contributed by atoms with E-state index in [9.17, 15) is 10.1 Å². The molecular weight excluding hydrogens is 218 g/mol. The van der Waals surface area contributed by atoms with E-state index in [2.05, 4.69) is 4.98 Å². The van der Waals surface area contributed by atoms with Crippen LogP contribution in [0.3, 0.4) is 0 Å². The minimum absolute atomic E-state index is 0.170. The highest BCUT2D eigenvalue weighted by atomic mass is 16.6. The van der Waals surface area contributed by atoms with Crippen molar-refractivity contribution in [1.82, 2.24) is 9.88 Å². The summed E-state index contributed by atoms with van der Waals surface area (Å²) >= 11 is 0. The molecule has 0 radical (unpaired) electrons. The van der Waals surface area contributed by atoms with Gasteiger partial charge in [0.05, 0.1) is 15.8 Å². The summed E-state index contributed by atoms with van der Waals surface area (Å²) in [4.78, 5) is 15.9. The molecule has 1 aromatic carbocycles. The highest BCUT2D eigenvalue weighted by Gasteiger charge is 2.18. The van der Waals surface area contributed by atoms with Gasteiger partial charge in [0.2, 0.25) is 0 Å². The number of hydrogen-bond acceptors (Lipinski definition) is 3. The number of nitro groups is 1. The fourth-order valence-corrected chi connectivity index (χ4v) is 2.09. The van der Waals surface area contributed by atoms with E-state index in [1.54, 1.807) is 12.1 Å². The van der Waals surface area contributed by atoms with Gasteiger partial charge in [-0.3, -0.25) is 10.1 Å². The highest BCUT2D eigenvalue weighted by molar-refractivity contribution is 5.92. The first-order valence-electron chi connectivity index (χ1n) is 5.40. The lowest BCUT2D eigenvalue weighted by Gasteiger charge is -2.09. The third-order valence-corrected chi connectivity index (χ3v) is 2.79. The van der Waals surface area contributed by atoms with Crippen LogP contribution in [0.2, 0.25) is 0 Å². The maximum absolute atomic E-state index is 11.0. The van der Waals surface area contributed by atoms with Gasteiger partial charge in [-0.05, 0) is 27.1 Å². The van der Waals surface area contributed by atoms with Crippen LogP contribution in [-0.4, -0.2) is 28.9 Å². The highest BCUT2D eigenvalue weighted by Crippen LogP contribution is 2.31. The number of aromatic nitrogens is 1. The van der Waals surface area contributed by atoms with E-state index in [0.717, 1.165) is 22.2 Å². The number of rotatable bonds is 3. The zero-order chi connectivity index (χ0) is 12.6. The molecule has 0 fully saturated rings. The number of nitrogens with one attached hydrogen (secondary N) is 1. The Bertz CT molecular complexity index is 572. The smallest absolute Gasteiger partial charge is 0.279 e. The molecule has 0 atom stereocenters. The van der Waals surface area contributed by atoms with Crippen molar-refractivity contribution >= 4 is 16.6 Å². The van der Waals surface area contributed by atoms with Crippen LogP contribution in [0, 0.1) is 17.0 Å². The molecule has 0 saturated heterocycles. The number of hydrogen-bond donors (Lipinski definition) is 1. The molecule has 0 aliphatic rings. The number of aromatic amines is 1. The number of nitrogens with zero attached hydrogens (tertiary/aromatic N) is 2. The van der Waals surface area contributed by atoms with Crippen molar-refractivity contribution in [3.05, 3.63) is 39.6 Å². The molecule has 1 aromatic heterocycles. The number of non-ortho nitro benzene ring substituents is 1. The van der Waals surface area contributed by atoms with Gasteiger partial charge in [-0.15, -0.1) is 0 Å². The first-order valence-corrected chi connectivity index (χ1v) is 5.40. The Balaban J connectivity index is 2.72. The van der Waals surface area contributed by atoms with E-state index in [0.29, 0.717) is 6.54 Å². The third-order valence-electron chi connectivity index (χ3n) is 2.79. The molecule has 1 N–H and O–H groups in total. The Morgan fingerprint density at radius 3 is 2.71 bits per heavy atom. The minimum atomic E-state index is -0.325. The molecule has 17 heavy (non-hydrogen) atoms. The van der Waals surface area contributed by atoms with Gasteiger partial charge in [0.1, 0.15) is 0 Å². The molecule has 2 aromatic rings. The zero-order valence-electron chi connectivity index (χ0n) is 10.2. The van der Waals surface area contributed by atoms with Crippen molar-refractivity contribution in [2.24, 2.45) is 0 Å². The Kier molecular flexibility index (Phi) is 2.85. The predicted octanol–water partition coefficient (Wildman–Crippen LogP) is 2.45. The maximum Gasteiger partial charge on any atom is 0.279 e. The topological polar surface area (TPSA) is 62.2 Å². The van der Waals surface area contributed by atoms with Crippen LogP contribution >= 0.6 is 0 Å². The van der Waals surface area contributed by atoms with E-state index in [4.69, 9.17) is 0 Å². The molecule has 0 aliphatic heterocycles. The molecule has 0 spiro atoms. The second kappa shape index (κ2) is 4.18. The van der Waals surface area contributed by atoms with Crippen molar-refractivity contribution in [2.45, 2.75) is 13.5 Å². The molecular formula is C12H15N3O2. The molecule has 0 aliphatic carbocycles. The van der Waals surface area contributed by atoms with Crippen molar-refractivity contribution in [3.63, 3.8) is 0 Å². The van der Waals surface area contributed by atoms with Crippen LogP contribution in [0.15, 0.2) is 18.2 Å². The lowest BCUT2D eigenvalue weighted by atomic mass is 10.1. The molecule has 2 rings (SSSR count). The molecule has 1 heterocycles. The van der Waals surface area contributed by atoms with Crippen LogP contribution < -0.4 is 0 Å². The minimum Gasteiger partial charge on any atom is -0.358 e. The second-order valence-electron chi connectivity index (χ2n) is 4.42. The van der Waals surface area contributed by atoms with Crippen molar-refractivity contribution in [2.75, 3.05) is 14.1 Å². The number of nitro benzene ring substituents is 1. The number of benzene rings is 1. The van der Waals surface area contributed by atoms with Gasteiger partial charge < -0.3 is 9.88 Å². The molecule has 0 amide bonds. The monoisotopic (exact) mass is 233 g/mol. The zero-order valence-corrected chi connectivity index (χ0v) is 10.2. The summed E-state index contributed by atoms with van der Waals surface area (Å²) in [6.45, 7) is 2.64. The van der Waals surface area contributed by atoms with Gasteiger partial charge >= 0.3 is 0 Å². The Morgan fingerprint density at radius 2 is 2.12 bits per heavy atom. The van der Waals surface area contributed by atoms with E-state index >= 15 is 0 Å². The van der Waals surface area contributed by atoms with Gasteiger partial charge in [-0.1, -0.05) is 6.07 Å². The number of aryl methyl sites for hydroxylation is 1. The van der Waals surface area contributed by atoms with Gasteiger partial charge in [0.15, 0.2) is 0 Å². The standard InChI is InChI=1S/C12H15N3O2/c1-8-9(7-14(2)3)12-10(13-8)5-4-6-11(12)15(16)17/h4-6,13H,7H2,1-3H3. The van der Waals surface area contributed by atoms with Crippen LogP contribution in [0.25, 0.3) is 10.9 Å². The SMILES string of the molecule is Cc1[nH]c2cccc([N+](=O)[O-])c2c1CN(C)C. The summed E-state index contributed by atoms with van der Waals surface area (Å²) in [6, 6.07) is 5.12. The quantitative estimate of drug-likeness (QED) is 0.654. The number of H-pyrrole nitrogens is 1. The fourth-order valence-electron chi connectivity index (χ4n) is 2.09. The molecule has 0 saturated carbocycles. The third kappa shape index (κ3) is 2.01. The van der Waals surface area contributed by atoms with Crippen LogP contribution in [0.1, 0.15) is 11.3 Å². The molecule has 0 unspecified atom stereocenters. The molecule has 90 valence electrons. The Morgan fingerprint density at radius 1 is 1.41 bits per heavy atom. The largest absolute Gasteiger partial charge is 0.358 e. The van der Waals surface area contributed by atoms with Crippen LogP contribution in [-0.2, 0) is 6.54 Å². The average molecular weight is 233 g/mol. The lowest BCUT2D eigenvalue weighted by Crippen LogP contribution is -2.11. The van der Waals surface area contributed by atoms with Gasteiger partial charge in [0.25, 0.3) is 5.69 Å². The van der Waals surface area contributed by atoms with Gasteiger partial charge in [0, 0.05) is 23.9 Å². The Hall–Kier alpha value is -1.88. The summed E-state index contributed by atoms with van der Waals surface area (Å²) in [5.74, 6) is 0. The first kappa shape index (κ1) is 11.6. The summed E-state index contributed by atoms with van der Waals surface area (Å²) in [5.41, 5.74) is 2.98. The normalized spacial score (nSPS) is 11.3. The number of fused-ring (bicyclic) bond motifs is 1. The second-order valence-corrected chi connectivity index (χ2v) is 4.42. The van der Waals surface area contributed by atoms with E-state index in [1.807, 2.05) is 32.0 Å². The molecule has 5 nitrogen and oxygen atoms in total. The molecule has 5 heteroatoms. The van der Waals surface area contributed by atoms with Crippen molar-refractivity contribution in [3.8, 4) is 0 Å². The summed E-state index contributed by atoms with van der Waals surface area (Å²) in [5, 5.41) is 11.8. The summed E-state index contributed by atoms with van der Waals surface area (Å²) in [7, 11) is 3.90. The predicted molar refractivity (Wildman–Crippen MR) is 67.1 cm³/mol. The maximum atomic E-state index is 11.0. The fraction of sp³-hybridized carbons (Fsp3) is 0.333.